The molecule has 1 aromatic carbocycles. The first-order chi connectivity index (χ1) is 9.24. The number of likely N-dealkylation sites (N-methyl/N-ethyl adjacent to an activating group) is 1. The van der Waals surface area contributed by atoms with Gasteiger partial charge in [-0.1, -0.05) is 17.7 Å². The van der Waals surface area contributed by atoms with E-state index in [0.717, 1.165) is 37.0 Å². The molecule has 1 aliphatic rings. The van der Waals surface area contributed by atoms with Gasteiger partial charge in [-0.3, -0.25) is 0 Å². The highest BCUT2D eigenvalue weighted by Crippen LogP contribution is 2.15. The van der Waals surface area contributed by atoms with Crippen LogP contribution in [-0.4, -0.2) is 44.3 Å². The Balaban J connectivity index is 1.64. The predicted molar refractivity (Wildman–Crippen MR) is 81.0 cm³/mol. The zero-order chi connectivity index (χ0) is 13.5. The number of nitrogens with one attached hydrogen (secondary N) is 1. The fourth-order valence-corrected chi connectivity index (χ4v) is 2.57. The van der Waals surface area contributed by atoms with Crippen molar-refractivity contribution in [2.75, 3.05) is 38.6 Å². The largest absolute Gasteiger partial charge is 0.384 e. The summed E-state index contributed by atoms with van der Waals surface area (Å²) in [4.78, 5) is 2.33. The molecule has 1 atom stereocenters. The van der Waals surface area contributed by atoms with Crippen LogP contribution < -0.4 is 5.32 Å². The summed E-state index contributed by atoms with van der Waals surface area (Å²) in [6, 6.07) is 7.84. The quantitative estimate of drug-likeness (QED) is 0.867. The number of nitrogens with zero attached hydrogens (tertiary/aromatic N) is 1. The molecule has 1 N–H and O–H groups in total. The van der Waals surface area contributed by atoms with Crippen molar-refractivity contribution in [1.82, 2.24) is 4.90 Å². The van der Waals surface area contributed by atoms with E-state index in [4.69, 9.17) is 16.3 Å². The maximum absolute atomic E-state index is 5.95. The van der Waals surface area contributed by atoms with Crippen LogP contribution >= 0.6 is 11.6 Å². The summed E-state index contributed by atoms with van der Waals surface area (Å²) >= 11 is 5.95. The lowest BCUT2D eigenvalue weighted by molar-refractivity contribution is -0.000835. The Bertz CT molecular complexity index is 380. The van der Waals surface area contributed by atoms with E-state index in [1.54, 1.807) is 0 Å². The zero-order valence-electron chi connectivity index (χ0n) is 11.6. The van der Waals surface area contributed by atoms with Gasteiger partial charge in [0.1, 0.15) is 0 Å². The van der Waals surface area contributed by atoms with Gasteiger partial charge in [0.15, 0.2) is 0 Å². The fraction of sp³-hybridized carbons (Fsp3) is 0.600. The SMILES string of the molecule is CN(CCNc1cccc(Cl)c1)CC1CCCCO1. The van der Waals surface area contributed by atoms with Crippen LogP contribution in [0, 0.1) is 0 Å². The van der Waals surface area contributed by atoms with Gasteiger partial charge in [-0.2, -0.15) is 0 Å². The van der Waals surface area contributed by atoms with Crippen LogP contribution in [-0.2, 0) is 4.74 Å². The van der Waals surface area contributed by atoms with Crippen LogP contribution in [0.4, 0.5) is 5.69 Å². The number of benzene rings is 1. The molecule has 106 valence electrons. The first kappa shape index (κ1) is 14.6. The second-order valence-electron chi connectivity index (χ2n) is 5.19. The summed E-state index contributed by atoms with van der Waals surface area (Å²) in [6.07, 6.45) is 4.15. The maximum atomic E-state index is 5.95. The molecular formula is C15H23ClN2O. The highest BCUT2D eigenvalue weighted by molar-refractivity contribution is 6.30. The van der Waals surface area contributed by atoms with Crippen molar-refractivity contribution < 1.29 is 4.74 Å². The number of rotatable bonds is 6. The minimum absolute atomic E-state index is 0.421. The van der Waals surface area contributed by atoms with E-state index in [1.165, 1.54) is 19.3 Å². The van der Waals surface area contributed by atoms with Crippen molar-refractivity contribution >= 4 is 17.3 Å². The van der Waals surface area contributed by atoms with Crippen molar-refractivity contribution in [2.24, 2.45) is 0 Å². The zero-order valence-corrected chi connectivity index (χ0v) is 12.3. The van der Waals surface area contributed by atoms with Gasteiger partial charge in [-0.05, 0) is 44.5 Å². The van der Waals surface area contributed by atoms with Crippen molar-refractivity contribution in [3.63, 3.8) is 0 Å². The molecule has 0 saturated carbocycles. The molecule has 19 heavy (non-hydrogen) atoms. The third-order valence-corrected chi connectivity index (χ3v) is 3.67. The van der Waals surface area contributed by atoms with E-state index in [1.807, 2.05) is 24.3 Å². The first-order valence-corrected chi connectivity index (χ1v) is 7.41. The number of ether oxygens (including phenoxy) is 1. The summed E-state index contributed by atoms with van der Waals surface area (Å²) in [6.45, 7) is 3.88. The molecule has 2 rings (SSSR count). The molecule has 1 fully saturated rings. The highest BCUT2D eigenvalue weighted by Gasteiger charge is 2.15. The second-order valence-corrected chi connectivity index (χ2v) is 5.62. The van der Waals surface area contributed by atoms with Crippen LogP contribution in [0.3, 0.4) is 0 Å². The van der Waals surface area contributed by atoms with Gasteiger partial charge in [0, 0.05) is 37.0 Å². The fourth-order valence-electron chi connectivity index (χ4n) is 2.38. The van der Waals surface area contributed by atoms with E-state index in [2.05, 4.69) is 17.3 Å². The average Bonchev–Trinajstić information content (AvgIpc) is 2.40. The Morgan fingerprint density at radius 2 is 2.32 bits per heavy atom. The standard InChI is InChI=1S/C15H23ClN2O/c1-18(12-15-7-2-3-10-19-15)9-8-17-14-6-4-5-13(16)11-14/h4-6,11,15,17H,2-3,7-10,12H2,1H3. The average molecular weight is 283 g/mol. The Morgan fingerprint density at radius 3 is 3.05 bits per heavy atom. The van der Waals surface area contributed by atoms with Gasteiger partial charge in [0.2, 0.25) is 0 Å². The van der Waals surface area contributed by atoms with Gasteiger partial charge in [0.25, 0.3) is 0 Å². The third-order valence-electron chi connectivity index (χ3n) is 3.44. The Hall–Kier alpha value is -0.770. The molecule has 1 heterocycles. The van der Waals surface area contributed by atoms with Crippen LogP contribution in [0.15, 0.2) is 24.3 Å². The summed E-state index contributed by atoms with van der Waals surface area (Å²) in [5, 5.41) is 4.16. The summed E-state index contributed by atoms with van der Waals surface area (Å²) in [5.41, 5.74) is 1.08. The molecule has 3 nitrogen and oxygen atoms in total. The normalized spacial score (nSPS) is 19.6. The van der Waals surface area contributed by atoms with Crippen molar-refractivity contribution in [1.29, 1.82) is 0 Å². The molecule has 1 saturated heterocycles. The molecular weight excluding hydrogens is 260 g/mol. The molecule has 1 aliphatic heterocycles. The minimum Gasteiger partial charge on any atom is -0.384 e. The number of anilines is 1. The van der Waals surface area contributed by atoms with Gasteiger partial charge in [0.05, 0.1) is 6.10 Å². The lowest BCUT2D eigenvalue weighted by Gasteiger charge is -2.27. The van der Waals surface area contributed by atoms with Gasteiger partial charge in [-0.15, -0.1) is 0 Å². The molecule has 0 radical (unpaired) electrons. The predicted octanol–water partition coefficient (Wildman–Crippen LogP) is 3.25. The smallest absolute Gasteiger partial charge is 0.0701 e. The van der Waals surface area contributed by atoms with Crippen LogP contribution in [0.1, 0.15) is 19.3 Å². The van der Waals surface area contributed by atoms with Crippen molar-refractivity contribution in [3.05, 3.63) is 29.3 Å². The Morgan fingerprint density at radius 1 is 1.42 bits per heavy atom. The molecule has 1 aromatic rings. The van der Waals surface area contributed by atoms with Gasteiger partial charge in [-0.25, -0.2) is 0 Å². The maximum Gasteiger partial charge on any atom is 0.0701 e. The van der Waals surface area contributed by atoms with Crippen molar-refractivity contribution in [2.45, 2.75) is 25.4 Å². The van der Waals surface area contributed by atoms with Crippen molar-refractivity contribution in [3.8, 4) is 0 Å². The molecule has 1 unspecified atom stereocenters. The number of hydrogen-bond acceptors (Lipinski definition) is 3. The van der Waals surface area contributed by atoms with E-state index in [9.17, 15) is 0 Å². The van der Waals surface area contributed by atoms with Crippen LogP contribution in [0.25, 0.3) is 0 Å². The summed E-state index contributed by atoms with van der Waals surface area (Å²) in [5.74, 6) is 0. The summed E-state index contributed by atoms with van der Waals surface area (Å²) < 4.78 is 5.75. The van der Waals surface area contributed by atoms with E-state index < -0.39 is 0 Å². The monoisotopic (exact) mass is 282 g/mol. The summed E-state index contributed by atoms with van der Waals surface area (Å²) in [7, 11) is 2.15. The van der Waals surface area contributed by atoms with E-state index >= 15 is 0 Å². The number of halogens is 1. The minimum atomic E-state index is 0.421. The van der Waals surface area contributed by atoms with E-state index in [-0.39, 0.29) is 0 Å². The van der Waals surface area contributed by atoms with Gasteiger partial charge < -0.3 is 15.0 Å². The molecule has 0 spiro atoms. The molecule has 4 heteroatoms. The van der Waals surface area contributed by atoms with Gasteiger partial charge >= 0.3 is 0 Å². The van der Waals surface area contributed by atoms with Crippen LogP contribution in [0.2, 0.25) is 5.02 Å². The molecule has 0 amide bonds. The Labute approximate surface area is 120 Å². The lowest BCUT2D eigenvalue weighted by atomic mass is 10.1. The number of hydrogen-bond donors (Lipinski definition) is 1. The first-order valence-electron chi connectivity index (χ1n) is 7.03. The highest BCUT2D eigenvalue weighted by atomic mass is 35.5. The molecule has 0 bridgehead atoms. The van der Waals surface area contributed by atoms with E-state index in [0.29, 0.717) is 6.10 Å². The Kier molecular flexibility index (Phi) is 5.95. The molecule has 0 aliphatic carbocycles. The van der Waals surface area contributed by atoms with Crippen LogP contribution in [0.5, 0.6) is 0 Å². The molecule has 0 aromatic heterocycles. The second kappa shape index (κ2) is 7.73. The third kappa shape index (κ3) is 5.39. The lowest BCUT2D eigenvalue weighted by Crippen LogP contribution is -2.35. The topological polar surface area (TPSA) is 24.5 Å².